The number of nitrogens with two attached hydrogens (primary N) is 1. The second-order valence-corrected chi connectivity index (χ2v) is 10.4. The van der Waals surface area contributed by atoms with Gasteiger partial charge in [0.1, 0.15) is 23.0 Å². The average molecular weight is 568 g/mol. The highest BCUT2D eigenvalue weighted by Crippen LogP contribution is 2.38. The smallest absolute Gasteiger partial charge is 0.254 e. The molecule has 2 heterocycles. The number of hydrogen-bond acceptors (Lipinski definition) is 5. The number of hydrogen-bond donors (Lipinski definition) is 3. The van der Waals surface area contributed by atoms with E-state index in [0.717, 1.165) is 18.2 Å². The van der Waals surface area contributed by atoms with Crippen LogP contribution in [0.25, 0.3) is 11.1 Å². The van der Waals surface area contributed by atoms with E-state index in [9.17, 15) is 31.9 Å². The molecule has 216 valence electrons. The number of carbonyl (C=O) groups is 3. The highest BCUT2D eigenvalue weighted by Gasteiger charge is 2.40. The van der Waals surface area contributed by atoms with Gasteiger partial charge in [-0.2, -0.15) is 0 Å². The summed E-state index contributed by atoms with van der Waals surface area (Å²) in [7, 11) is 1.94. The van der Waals surface area contributed by atoms with E-state index in [1.807, 2.05) is 25.8 Å². The molecule has 4 atom stereocenters. The maximum atomic E-state index is 15.5. The number of piperazine rings is 1. The molecular formula is C27H30F5N5O3. The number of halogens is 5. The average Bonchev–Trinajstić information content (AvgIpc) is 2.86. The summed E-state index contributed by atoms with van der Waals surface area (Å²) < 4.78 is 72.0. The number of likely N-dealkylation sites (N-methyl/N-ethyl adjacent to an activating group) is 1. The van der Waals surface area contributed by atoms with Gasteiger partial charge in [0.15, 0.2) is 0 Å². The van der Waals surface area contributed by atoms with E-state index in [4.69, 9.17) is 5.73 Å². The summed E-state index contributed by atoms with van der Waals surface area (Å²) in [5.74, 6) is -9.00. The lowest BCUT2D eigenvalue weighted by molar-refractivity contribution is -0.133. The zero-order chi connectivity index (χ0) is 29.5. The van der Waals surface area contributed by atoms with Crippen LogP contribution >= 0.6 is 0 Å². The molecule has 3 amide bonds. The molecule has 40 heavy (non-hydrogen) atoms. The first-order chi connectivity index (χ1) is 18.8. The molecule has 0 aromatic heterocycles. The van der Waals surface area contributed by atoms with Gasteiger partial charge in [-0.25, -0.2) is 22.0 Å². The second kappa shape index (κ2) is 11.4. The fourth-order valence-corrected chi connectivity index (χ4v) is 5.29. The van der Waals surface area contributed by atoms with Gasteiger partial charge in [0, 0.05) is 49.6 Å². The predicted octanol–water partition coefficient (Wildman–Crippen LogP) is 3.35. The van der Waals surface area contributed by atoms with E-state index in [2.05, 4.69) is 15.5 Å². The summed E-state index contributed by atoms with van der Waals surface area (Å²) in [5, 5.41) is 5.03. The molecule has 2 aliphatic rings. The van der Waals surface area contributed by atoms with Crippen molar-refractivity contribution in [2.45, 2.75) is 38.8 Å². The number of anilines is 2. The van der Waals surface area contributed by atoms with Crippen LogP contribution in [0.4, 0.5) is 33.3 Å². The highest BCUT2D eigenvalue weighted by atomic mass is 19.3. The van der Waals surface area contributed by atoms with E-state index >= 15 is 4.39 Å². The van der Waals surface area contributed by atoms with Crippen molar-refractivity contribution >= 4 is 29.1 Å². The number of amides is 3. The maximum absolute atomic E-state index is 15.5. The van der Waals surface area contributed by atoms with Gasteiger partial charge in [0.2, 0.25) is 18.2 Å². The molecule has 2 aliphatic heterocycles. The molecule has 4 N–H and O–H groups in total. The van der Waals surface area contributed by atoms with Gasteiger partial charge in [0.05, 0.1) is 17.3 Å². The third-order valence-corrected chi connectivity index (χ3v) is 7.76. The number of alkyl halides is 2. The molecule has 2 aromatic rings. The summed E-state index contributed by atoms with van der Waals surface area (Å²) in [5.41, 5.74) is 3.77. The topological polar surface area (TPSA) is 108 Å². The molecule has 0 aliphatic carbocycles. The number of benzene rings is 2. The maximum Gasteiger partial charge on any atom is 0.254 e. The van der Waals surface area contributed by atoms with Crippen LogP contribution in [0.15, 0.2) is 24.3 Å². The van der Waals surface area contributed by atoms with E-state index < -0.39 is 65.4 Å². The molecule has 8 nitrogen and oxygen atoms in total. The number of primary amides is 1. The number of nitrogens with zero attached hydrogens (tertiary/aromatic N) is 2. The molecule has 13 heteroatoms. The third-order valence-electron chi connectivity index (χ3n) is 7.76. The second-order valence-electron chi connectivity index (χ2n) is 10.4. The van der Waals surface area contributed by atoms with Crippen molar-refractivity contribution < 1.29 is 36.3 Å². The van der Waals surface area contributed by atoms with Crippen LogP contribution in [-0.2, 0) is 9.59 Å². The molecule has 0 radical (unpaired) electrons. The first-order valence-corrected chi connectivity index (χ1v) is 12.7. The molecule has 2 unspecified atom stereocenters. The van der Waals surface area contributed by atoms with Gasteiger partial charge >= 0.3 is 0 Å². The van der Waals surface area contributed by atoms with Crippen molar-refractivity contribution in [2.24, 2.45) is 17.6 Å². The lowest BCUT2D eigenvalue weighted by atomic mass is 9.85. The Bertz CT molecular complexity index is 1300. The Hall–Kier alpha value is -3.74. The summed E-state index contributed by atoms with van der Waals surface area (Å²) in [4.78, 5) is 40.3. The third kappa shape index (κ3) is 5.74. The van der Waals surface area contributed by atoms with Crippen LogP contribution in [0.1, 0.15) is 30.6 Å². The lowest BCUT2D eigenvalue weighted by Gasteiger charge is -2.44. The Kier molecular flexibility index (Phi) is 8.33. The van der Waals surface area contributed by atoms with E-state index in [-0.39, 0.29) is 41.1 Å². The van der Waals surface area contributed by atoms with Gasteiger partial charge in [-0.1, -0.05) is 0 Å². The molecule has 0 bridgehead atoms. The van der Waals surface area contributed by atoms with Gasteiger partial charge in [-0.3, -0.25) is 19.3 Å². The molecule has 2 saturated heterocycles. The lowest BCUT2D eigenvalue weighted by Crippen LogP contribution is -2.55. The summed E-state index contributed by atoms with van der Waals surface area (Å²) in [6.07, 6.45) is -3.46. The van der Waals surface area contributed by atoms with Crippen LogP contribution in [0.3, 0.4) is 0 Å². The Morgan fingerprint density at radius 3 is 2.17 bits per heavy atom. The summed E-state index contributed by atoms with van der Waals surface area (Å²) >= 11 is 0. The van der Waals surface area contributed by atoms with Crippen LogP contribution in [-0.4, -0.2) is 67.8 Å². The SMILES string of the molecule is C[C@@H]1CN(c2cc(F)c(-c3cc(F)c(C(N)=O)c(F)c3)cc2NC(=O)C2CNC(=O)CC2C(F)F)C[C@H](C)N1C. The largest absolute Gasteiger partial charge is 0.367 e. The standard InChI is InChI=1S/C27H30F5N5O3/c1-12-10-37(11-13(2)36(12)3)22-8-18(28)15(14-4-19(29)24(26(33)39)20(30)5-14)6-21(22)35-27(40)17-9-34-23(38)7-16(17)25(31)32/h4-6,8,12-13,16-17,25H,7,9-11H2,1-3H3,(H2,33,39)(H,34,38)(H,35,40)/t12-,13+,16?,17?. The molecular weight excluding hydrogens is 537 g/mol. The molecule has 0 spiro atoms. The fraction of sp³-hybridized carbons (Fsp3) is 0.444. The number of nitrogens with one attached hydrogen (secondary N) is 2. The Morgan fingerprint density at radius 2 is 1.62 bits per heavy atom. The van der Waals surface area contributed by atoms with Crippen molar-refractivity contribution in [3.8, 4) is 11.1 Å². The normalized spacial score (nSPS) is 23.7. The Morgan fingerprint density at radius 1 is 1.02 bits per heavy atom. The highest BCUT2D eigenvalue weighted by molar-refractivity contribution is 5.98. The van der Waals surface area contributed by atoms with Crippen LogP contribution in [0.2, 0.25) is 0 Å². The van der Waals surface area contributed by atoms with Crippen molar-refractivity contribution in [1.29, 1.82) is 0 Å². The minimum atomic E-state index is -2.93. The number of carbonyl (C=O) groups excluding carboxylic acids is 3. The zero-order valence-electron chi connectivity index (χ0n) is 22.1. The minimum absolute atomic E-state index is 0.0371. The predicted molar refractivity (Wildman–Crippen MR) is 138 cm³/mol. The van der Waals surface area contributed by atoms with Crippen LogP contribution < -0.4 is 21.3 Å². The van der Waals surface area contributed by atoms with Crippen LogP contribution in [0.5, 0.6) is 0 Å². The van der Waals surface area contributed by atoms with Crippen LogP contribution in [0, 0.1) is 29.3 Å². The van der Waals surface area contributed by atoms with Gasteiger partial charge in [-0.05, 0) is 50.7 Å². The zero-order valence-corrected chi connectivity index (χ0v) is 22.1. The van der Waals surface area contributed by atoms with Gasteiger partial charge < -0.3 is 21.3 Å². The first kappa shape index (κ1) is 29.2. The van der Waals surface area contributed by atoms with Crippen molar-refractivity contribution in [2.75, 3.05) is 36.9 Å². The molecule has 4 rings (SSSR count). The van der Waals surface area contributed by atoms with Crippen molar-refractivity contribution in [1.82, 2.24) is 10.2 Å². The van der Waals surface area contributed by atoms with E-state index in [1.54, 1.807) is 0 Å². The van der Waals surface area contributed by atoms with Gasteiger partial charge in [0.25, 0.3) is 5.91 Å². The van der Waals surface area contributed by atoms with E-state index in [1.165, 1.54) is 6.07 Å². The molecule has 0 saturated carbocycles. The first-order valence-electron chi connectivity index (χ1n) is 12.7. The van der Waals surface area contributed by atoms with Crippen molar-refractivity contribution in [3.63, 3.8) is 0 Å². The summed E-state index contributed by atoms with van der Waals surface area (Å²) in [6.45, 7) is 4.51. The Labute approximate surface area is 227 Å². The van der Waals surface area contributed by atoms with E-state index in [0.29, 0.717) is 13.1 Å². The number of piperidine rings is 1. The Balaban J connectivity index is 1.79. The summed E-state index contributed by atoms with van der Waals surface area (Å²) in [6, 6.07) is 3.85. The van der Waals surface area contributed by atoms with Crippen molar-refractivity contribution in [3.05, 3.63) is 47.3 Å². The monoisotopic (exact) mass is 567 g/mol. The minimum Gasteiger partial charge on any atom is -0.367 e. The fourth-order valence-electron chi connectivity index (χ4n) is 5.29. The molecule has 2 aromatic carbocycles. The molecule has 2 fully saturated rings. The quantitative estimate of drug-likeness (QED) is 0.465. The number of rotatable bonds is 6. The van der Waals surface area contributed by atoms with Gasteiger partial charge in [-0.15, -0.1) is 0 Å².